The second kappa shape index (κ2) is 7.21. The van der Waals surface area contributed by atoms with Gasteiger partial charge in [0, 0.05) is 11.1 Å². The summed E-state index contributed by atoms with van der Waals surface area (Å²) >= 11 is 0. The molecule has 124 valence electrons. The second-order valence-electron chi connectivity index (χ2n) is 5.76. The Morgan fingerprint density at radius 3 is 2.62 bits per heavy atom. The van der Waals surface area contributed by atoms with Crippen LogP contribution in [0.1, 0.15) is 29.8 Å². The van der Waals surface area contributed by atoms with Gasteiger partial charge in [-0.25, -0.2) is 0 Å². The minimum Gasteiger partial charge on any atom is -0.490 e. The maximum atomic E-state index is 12.4. The van der Waals surface area contributed by atoms with Gasteiger partial charge in [0.2, 0.25) is 0 Å². The zero-order valence-corrected chi connectivity index (χ0v) is 13.8. The number of allylic oxidation sites excluding steroid dienone is 1. The van der Waals surface area contributed by atoms with Gasteiger partial charge in [-0.05, 0) is 50.3 Å². The van der Waals surface area contributed by atoms with E-state index >= 15 is 0 Å². The van der Waals surface area contributed by atoms with Crippen LogP contribution < -0.4 is 14.2 Å². The van der Waals surface area contributed by atoms with Crippen LogP contribution in [-0.4, -0.2) is 25.1 Å². The van der Waals surface area contributed by atoms with Crippen molar-refractivity contribution in [3.05, 3.63) is 59.7 Å². The molecule has 2 aromatic carbocycles. The Kier molecular flexibility index (Phi) is 4.85. The molecule has 0 bridgehead atoms. The average molecular weight is 324 g/mol. The van der Waals surface area contributed by atoms with Crippen molar-refractivity contribution in [3.63, 3.8) is 0 Å². The van der Waals surface area contributed by atoms with Gasteiger partial charge < -0.3 is 14.2 Å². The van der Waals surface area contributed by atoms with Crippen molar-refractivity contribution < 1.29 is 19.0 Å². The molecule has 4 nitrogen and oxygen atoms in total. The lowest BCUT2D eigenvalue weighted by atomic mass is 10.1. The molecule has 0 atom stereocenters. The number of carbonyl (C=O) groups is 1. The van der Waals surface area contributed by atoms with E-state index < -0.39 is 0 Å². The van der Waals surface area contributed by atoms with Crippen molar-refractivity contribution in [1.29, 1.82) is 0 Å². The van der Waals surface area contributed by atoms with Crippen molar-refractivity contribution in [2.24, 2.45) is 0 Å². The molecule has 0 saturated heterocycles. The zero-order valence-electron chi connectivity index (χ0n) is 13.8. The lowest BCUT2D eigenvalue weighted by Gasteiger charge is -2.18. The molecule has 0 aliphatic carbocycles. The van der Waals surface area contributed by atoms with Crippen molar-refractivity contribution in [2.45, 2.75) is 20.0 Å². The number of ether oxygens (including phenoxy) is 3. The van der Waals surface area contributed by atoms with Crippen LogP contribution in [0.4, 0.5) is 0 Å². The van der Waals surface area contributed by atoms with Crippen LogP contribution in [0.5, 0.6) is 17.2 Å². The third kappa shape index (κ3) is 3.77. The smallest absolute Gasteiger partial charge is 0.185 e. The Hall–Kier alpha value is -2.75. The minimum absolute atomic E-state index is 0.0769. The summed E-state index contributed by atoms with van der Waals surface area (Å²) < 4.78 is 16.7. The zero-order chi connectivity index (χ0) is 16.9. The molecule has 0 spiro atoms. The molecular weight excluding hydrogens is 304 g/mol. The molecule has 2 aromatic rings. The molecule has 0 radical (unpaired) electrons. The van der Waals surface area contributed by atoms with Crippen LogP contribution in [0.2, 0.25) is 0 Å². The highest BCUT2D eigenvalue weighted by Gasteiger charge is 2.13. The Bertz CT molecular complexity index is 762. The number of hydrogen-bond acceptors (Lipinski definition) is 4. The van der Waals surface area contributed by atoms with E-state index in [1.807, 2.05) is 38.1 Å². The molecule has 0 fully saturated rings. The summed E-state index contributed by atoms with van der Waals surface area (Å²) in [6, 6.07) is 12.9. The average Bonchev–Trinajstić information content (AvgIpc) is 2.60. The van der Waals surface area contributed by atoms with Crippen LogP contribution in [-0.2, 0) is 0 Å². The highest BCUT2D eigenvalue weighted by atomic mass is 16.6. The lowest BCUT2D eigenvalue weighted by Crippen LogP contribution is -2.15. The van der Waals surface area contributed by atoms with Crippen molar-refractivity contribution >= 4 is 11.9 Å². The molecule has 0 unspecified atom stereocenters. The van der Waals surface area contributed by atoms with Crippen molar-refractivity contribution in [3.8, 4) is 17.2 Å². The van der Waals surface area contributed by atoms with Crippen LogP contribution in [0, 0.1) is 0 Å². The molecule has 0 saturated carbocycles. The Morgan fingerprint density at radius 2 is 1.83 bits per heavy atom. The first-order valence-corrected chi connectivity index (χ1v) is 8.01. The minimum atomic E-state index is -0.0914. The van der Waals surface area contributed by atoms with Gasteiger partial charge in [0.25, 0.3) is 0 Å². The fourth-order valence-electron chi connectivity index (χ4n) is 2.44. The summed E-state index contributed by atoms with van der Waals surface area (Å²) in [7, 11) is 0. The first kappa shape index (κ1) is 16.1. The summed E-state index contributed by atoms with van der Waals surface area (Å²) in [6.45, 7) is 4.98. The van der Waals surface area contributed by atoms with E-state index in [2.05, 4.69) is 0 Å². The Labute approximate surface area is 141 Å². The maximum Gasteiger partial charge on any atom is 0.185 e. The molecule has 1 heterocycles. The van der Waals surface area contributed by atoms with Gasteiger partial charge in [-0.2, -0.15) is 0 Å². The molecule has 3 rings (SSSR count). The van der Waals surface area contributed by atoms with Gasteiger partial charge in [0.15, 0.2) is 17.3 Å². The largest absolute Gasteiger partial charge is 0.490 e. The fraction of sp³-hybridized carbons (Fsp3) is 0.250. The van der Waals surface area contributed by atoms with E-state index in [0.717, 1.165) is 11.3 Å². The number of hydrogen-bond donors (Lipinski definition) is 0. The van der Waals surface area contributed by atoms with Crippen LogP contribution in [0.3, 0.4) is 0 Å². The third-order valence-electron chi connectivity index (χ3n) is 3.52. The van der Waals surface area contributed by atoms with Crippen molar-refractivity contribution in [2.75, 3.05) is 13.2 Å². The molecule has 0 amide bonds. The highest BCUT2D eigenvalue weighted by molar-refractivity contribution is 6.07. The van der Waals surface area contributed by atoms with Gasteiger partial charge in [-0.1, -0.05) is 18.2 Å². The van der Waals surface area contributed by atoms with Crippen LogP contribution in [0.25, 0.3) is 6.08 Å². The summed E-state index contributed by atoms with van der Waals surface area (Å²) in [5, 5.41) is 0. The lowest BCUT2D eigenvalue weighted by molar-refractivity contribution is 0.104. The summed E-state index contributed by atoms with van der Waals surface area (Å²) in [6.07, 6.45) is 3.40. The van der Waals surface area contributed by atoms with E-state index in [0.29, 0.717) is 30.3 Å². The van der Waals surface area contributed by atoms with Gasteiger partial charge >= 0.3 is 0 Å². The van der Waals surface area contributed by atoms with E-state index in [4.69, 9.17) is 14.2 Å². The maximum absolute atomic E-state index is 12.4. The second-order valence-corrected chi connectivity index (χ2v) is 5.76. The van der Waals surface area contributed by atoms with E-state index in [-0.39, 0.29) is 11.9 Å². The first-order valence-electron chi connectivity index (χ1n) is 8.01. The standard InChI is InChI=1S/C20H20O4/c1-14(2)24-18-6-4-3-5-15(18)7-9-17(21)16-8-10-19-20(13-16)23-12-11-22-19/h3-10,13-14H,11-12H2,1-2H3/b9-7+. The number of fused-ring (bicyclic) bond motifs is 1. The number of benzene rings is 2. The summed E-state index contributed by atoms with van der Waals surface area (Å²) in [5.41, 5.74) is 1.44. The Balaban J connectivity index is 1.78. The number of para-hydroxylation sites is 1. The molecule has 4 heteroatoms. The van der Waals surface area contributed by atoms with E-state index in [9.17, 15) is 4.79 Å². The monoisotopic (exact) mass is 324 g/mol. The van der Waals surface area contributed by atoms with Gasteiger partial charge in [0.05, 0.1) is 6.10 Å². The molecule has 1 aliphatic heterocycles. The molecule has 1 aliphatic rings. The highest BCUT2D eigenvalue weighted by Crippen LogP contribution is 2.31. The number of carbonyl (C=O) groups excluding carboxylic acids is 1. The van der Waals surface area contributed by atoms with Crippen molar-refractivity contribution in [1.82, 2.24) is 0 Å². The first-order chi connectivity index (χ1) is 11.6. The third-order valence-corrected chi connectivity index (χ3v) is 3.52. The SMILES string of the molecule is CC(C)Oc1ccccc1/C=C/C(=O)c1ccc2c(c1)OCCO2. The molecular formula is C20H20O4. The van der Waals surface area contributed by atoms with E-state index in [1.165, 1.54) is 0 Å². The van der Waals surface area contributed by atoms with Gasteiger partial charge in [0.1, 0.15) is 19.0 Å². The summed E-state index contributed by atoms with van der Waals surface area (Å²) in [5.74, 6) is 1.96. The molecule has 24 heavy (non-hydrogen) atoms. The topological polar surface area (TPSA) is 44.8 Å². The molecule has 0 N–H and O–H groups in total. The predicted molar refractivity (Wildman–Crippen MR) is 93.0 cm³/mol. The van der Waals surface area contributed by atoms with Crippen LogP contribution >= 0.6 is 0 Å². The quantitative estimate of drug-likeness (QED) is 0.612. The number of ketones is 1. The predicted octanol–water partition coefficient (Wildman–Crippen LogP) is 4.14. The van der Waals surface area contributed by atoms with Gasteiger partial charge in [-0.3, -0.25) is 4.79 Å². The van der Waals surface area contributed by atoms with Crippen LogP contribution in [0.15, 0.2) is 48.5 Å². The van der Waals surface area contributed by atoms with Gasteiger partial charge in [-0.15, -0.1) is 0 Å². The van der Waals surface area contributed by atoms with E-state index in [1.54, 1.807) is 30.4 Å². The normalized spacial score (nSPS) is 13.3. The molecule has 0 aromatic heterocycles. The number of rotatable bonds is 5. The fourth-order valence-corrected chi connectivity index (χ4v) is 2.44. The summed E-state index contributed by atoms with van der Waals surface area (Å²) in [4.78, 5) is 12.4. The Morgan fingerprint density at radius 1 is 1.08 bits per heavy atom.